The van der Waals surface area contributed by atoms with Gasteiger partial charge in [0.05, 0.1) is 18.4 Å². The molecule has 5 heteroatoms. The number of alkyl halides is 1. The minimum absolute atomic E-state index is 0. The molecule has 0 bridgehead atoms. The Bertz CT molecular complexity index is 240. The smallest absolute Gasteiger partial charge is 0.109 e. The summed E-state index contributed by atoms with van der Waals surface area (Å²) in [7, 11) is 0. The van der Waals surface area contributed by atoms with E-state index in [-0.39, 0.29) is 19.1 Å². The van der Waals surface area contributed by atoms with Gasteiger partial charge in [-0.15, -0.1) is 12.4 Å². The number of hydrogen-bond donors (Lipinski definition) is 1. The molecule has 0 radical (unpaired) electrons. The van der Waals surface area contributed by atoms with Gasteiger partial charge in [0.15, 0.2) is 0 Å². The van der Waals surface area contributed by atoms with Crippen LogP contribution in [0, 0.1) is 0 Å². The van der Waals surface area contributed by atoms with Crippen LogP contribution in [0.4, 0.5) is 10.1 Å². The van der Waals surface area contributed by atoms with Gasteiger partial charge in [-0.25, -0.2) is 4.39 Å². The fourth-order valence-corrected chi connectivity index (χ4v) is 1.07. The molecule has 14 heavy (non-hydrogen) atoms. The first-order valence-corrected chi connectivity index (χ1v) is 4.69. The van der Waals surface area contributed by atoms with Gasteiger partial charge in [0.25, 0.3) is 0 Å². The standard InChI is InChI=1S/C9H16FN3.ClH/c1-2-3-5-11-9-7-12-13(8-9)6-4-10;/h7-8,11H,2-6H2,1H3;1H. The van der Waals surface area contributed by atoms with Crippen LogP contribution in [-0.4, -0.2) is 23.0 Å². The summed E-state index contributed by atoms with van der Waals surface area (Å²) < 4.78 is 13.5. The Kier molecular flexibility index (Phi) is 7.20. The molecule has 0 aliphatic carbocycles. The Morgan fingerprint density at radius 2 is 2.36 bits per heavy atom. The topological polar surface area (TPSA) is 29.9 Å². The highest BCUT2D eigenvalue weighted by atomic mass is 35.5. The zero-order valence-corrected chi connectivity index (χ0v) is 9.19. The van der Waals surface area contributed by atoms with Crippen molar-refractivity contribution in [1.82, 2.24) is 9.78 Å². The molecule has 0 aliphatic heterocycles. The predicted octanol–water partition coefficient (Wildman–Crippen LogP) is 2.49. The van der Waals surface area contributed by atoms with Crippen molar-refractivity contribution in [3.63, 3.8) is 0 Å². The minimum Gasteiger partial charge on any atom is -0.383 e. The van der Waals surface area contributed by atoms with Crippen LogP contribution in [0.5, 0.6) is 0 Å². The lowest BCUT2D eigenvalue weighted by atomic mass is 10.3. The Morgan fingerprint density at radius 3 is 3.00 bits per heavy atom. The second-order valence-electron chi connectivity index (χ2n) is 2.96. The van der Waals surface area contributed by atoms with Gasteiger partial charge < -0.3 is 5.32 Å². The lowest BCUT2D eigenvalue weighted by molar-refractivity contribution is 0.427. The predicted molar refractivity (Wildman–Crippen MR) is 58.8 cm³/mol. The van der Waals surface area contributed by atoms with Crippen molar-refractivity contribution >= 4 is 18.1 Å². The average Bonchev–Trinajstić information content (AvgIpc) is 2.54. The third kappa shape index (κ3) is 4.46. The van der Waals surface area contributed by atoms with Crippen LogP contribution in [0.25, 0.3) is 0 Å². The highest BCUT2D eigenvalue weighted by molar-refractivity contribution is 5.85. The molecule has 1 aromatic heterocycles. The Balaban J connectivity index is 0.00000169. The van der Waals surface area contributed by atoms with Gasteiger partial charge in [-0.2, -0.15) is 5.10 Å². The zero-order chi connectivity index (χ0) is 9.52. The highest BCUT2D eigenvalue weighted by Gasteiger charge is 1.96. The van der Waals surface area contributed by atoms with E-state index >= 15 is 0 Å². The molecule has 0 saturated carbocycles. The van der Waals surface area contributed by atoms with Gasteiger partial charge in [0, 0.05) is 12.7 Å². The van der Waals surface area contributed by atoms with Crippen molar-refractivity contribution in [2.45, 2.75) is 26.3 Å². The second kappa shape index (κ2) is 7.62. The molecule has 1 heterocycles. The summed E-state index contributed by atoms with van der Waals surface area (Å²) in [5.41, 5.74) is 0.974. The molecule has 0 unspecified atom stereocenters. The van der Waals surface area contributed by atoms with Crippen molar-refractivity contribution in [2.75, 3.05) is 18.5 Å². The summed E-state index contributed by atoms with van der Waals surface area (Å²) in [5.74, 6) is 0. The number of unbranched alkanes of at least 4 members (excludes halogenated alkanes) is 1. The Hall–Kier alpha value is -0.770. The lowest BCUT2D eigenvalue weighted by Gasteiger charge is -2.00. The molecule has 0 saturated heterocycles. The molecular weight excluding hydrogens is 205 g/mol. The molecule has 0 fully saturated rings. The monoisotopic (exact) mass is 221 g/mol. The van der Waals surface area contributed by atoms with E-state index in [1.165, 1.54) is 6.42 Å². The van der Waals surface area contributed by atoms with E-state index in [9.17, 15) is 4.39 Å². The van der Waals surface area contributed by atoms with Crippen LogP contribution in [-0.2, 0) is 6.54 Å². The minimum atomic E-state index is -0.365. The number of aryl methyl sites for hydroxylation is 1. The van der Waals surface area contributed by atoms with Crippen molar-refractivity contribution in [3.8, 4) is 0 Å². The van der Waals surface area contributed by atoms with Crippen LogP contribution >= 0.6 is 12.4 Å². The number of halogens is 2. The van der Waals surface area contributed by atoms with Gasteiger partial charge >= 0.3 is 0 Å². The van der Waals surface area contributed by atoms with Crippen LogP contribution in [0.1, 0.15) is 19.8 Å². The maximum Gasteiger partial charge on any atom is 0.109 e. The van der Waals surface area contributed by atoms with Crippen LogP contribution < -0.4 is 5.32 Å². The molecular formula is C9H17ClFN3. The lowest BCUT2D eigenvalue weighted by Crippen LogP contribution is -2.01. The van der Waals surface area contributed by atoms with E-state index in [0.717, 1.165) is 18.7 Å². The summed E-state index contributed by atoms with van der Waals surface area (Å²) in [6.07, 6.45) is 5.88. The number of anilines is 1. The summed E-state index contributed by atoms with van der Waals surface area (Å²) in [5, 5.41) is 7.22. The van der Waals surface area contributed by atoms with Gasteiger partial charge in [0.1, 0.15) is 6.67 Å². The number of aromatic nitrogens is 2. The Morgan fingerprint density at radius 1 is 1.57 bits per heavy atom. The number of rotatable bonds is 6. The van der Waals surface area contributed by atoms with Crippen LogP contribution in [0.15, 0.2) is 12.4 Å². The van der Waals surface area contributed by atoms with Crippen molar-refractivity contribution in [2.24, 2.45) is 0 Å². The number of hydrogen-bond acceptors (Lipinski definition) is 2. The molecule has 3 nitrogen and oxygen atoms in total. The van der Waals surface area contributed by atoms with E-state index in [4.69, 9.17) is 0 Å². The quantitative estimate of drug-likeness (QED) is 0.748. The van der Waals surface area contributed by atoms with Crippen LogP contribution in [0.2, 0.25) is 0 Å². The highest BCUT2D eigenvalue weighted by Crippen LogP contribution is 2.04. The van der Waals surface area contributed by atoms with Crippen molar-refractivity contribution in [3.05, 3.63) is 12.4 Å². The van der Waals surface area contributed by atoms with E-state index in [2.05, 4.69) is 17.3 Å². The van der Waals surface area contributed by atoms with Gasteiger partial charge in [-0.3, -0.25) is 4.68 Å². The summed E-state index contributed by atoms with van der Waals surface area (Å²) in [6.45, 7) is 3.08. The summed E-state index contributed by atoms with van der Waals surface area (Å²) in [4.78, 5) is 0. The zero-order valence-electron chi connectivity index (χ0n) is 8.37. The SMILES string of the molecule is CCCCNc1cnn(CCF)c1.Cl. The maximum absolute atomic E-state index is 11.9. The first-order valence-electron chi connectivity index (χ1n) is 4.69. The summed E-state index contributed by atoms with van der Waals surface area (Å²) >= 11 is 0. The molecule has 1 rings (SSSR count). The fourth-order valence-electron chi connectivity index (χ4n) is 1.07. The normalized spacial score (nSPS) is 9.57. The van der Waals surface area contributed by atoms with Gasteiger partial charge in [-0.1, -0.05) is 13.3 Å². The first kappa shape index (κ1) is 13.2. The van der Waals surface area contributed by atoms with E-state index in [1.807, 2.05) is 6.20 Å². The van der Waals surface area contributed by atoms with Crippen molar-refractivity contribution < 1.29 is 4.39 Å². The molecule has 1 aromatic rings. The van der Waals surface area contributed by atoms with Crippen molar-refractivity contribution in [1.29, 1.82) is 0 Å². The molecule has 0 aromatic carbocycles. The third-order valence-corrected chi connectivity index (χ3v) is 1.81. The van der Waals surface area contributed by atoms with E-state index < -0.39 is 0 Å². The summed E-state index contributed by atoms with van der Waals surface area (Å²) in [6, 6.07) is 0. The van der Waals surface area contributed by atoms with Crippen LogP contribution in [0.3, 0.4) is 0 Å². The second-order valence-corrected chi connectivity index (χ2v) is 2.96. The first-order chi connectivity index (χ1) is 6.36. The molecule has 0 amide bonds. The molecule has 0 aliphatic rings. The average molecular weight is 222 g/mol. The van der Waals surface area contributed by atoms with Gasteiger partial charge in [-0.05, 0) is 6.42 Å². The Labute approximate surface area is 90.1 Å². The maximum atomic E-state index is 11.9. The van der Waals surface area contributed by atoms with Gasteiger partial charge in [0.2, 0.25) is 0 Å². The fraction of sp³-hybridized carbons (Fsp3) is 0.667. The number of nitrogens with one attached hydrogen (secondary N) is 1. The third-order valence-electron chi connectivity index (χ3n) is 1.81. The molecule has 0 spiro atoms. The number of nitrogens with zero attached hydrogens (tertiary/aromatic N) is 2. The van der Waals surface area contributed by atoms with E-state index in [1.54, 1.807) is 10.9 Å². The molecule has 82 valence electrons. The molecule has 0 atom stereocenters. The molecule has 1 N–H and O–H groups in total. The van der Waals surface area contributed by atoms with E-state index in [0.29, 0.717) is 6.54 Å². The largest absolute Gasteiger partial charge is 0.383 e.